The Hall–Kier alpha value is -2.04. The molecule has 1 aromatic rings. The number of carbonyl (C=O) groups is 2. The zero-order valence-corrected chi connectivity index (χ0v) is 15.9. The molecule has 0 aliphatic heterocycles. The summed E-state index contributed by atoms with van der Waals surface area (Å²) in [6, 6.07) is 7.35. The van der Waals surface area contributed by atoms with Crippen molar-refractivity contribution in [1.82, 2.24) is 5.32 Å². The van der Waals surface area contributed by atoms with Gasteiger partial charge in [0.15, 0.2) is 6.10 Å². The first-order valence-electron chi connectivity index (χ1n) is 9.08. The summed E-state index contributed by atoms with van der Waals surface area (Å²) in [6.07, 6.45) is 2.52. The Morgan fingerprint density at radius 3 is 2.64 bits per heavy atom. The van der Waals surface area contributed by atoms with E-state index in [1.54, 1.807) is 19.1 Å². The SMILES string of the molecule is CC(OC(=O)c1cccc(N(C)C)c1)C(=O)NC1CCCC(C)C1C. The molecule has 0 bridgehead atoms. The number of carbonyl (C=O) groups excluding carboxylic acids is 2. The van der Waals surface area contributed by atoms with Crippen LogP contribution < -0.4 is 10.2 Å². The number of hydrogen-bond donors (Lipinski definition) is 1. The summed E-state index contributed by atoms with van der Waals surface area (Å²) in [5.41, 5.74) is 1.36. The third-order valence-corrected chi connectivity index (χ3v) is 5.29. The van der Waals surface area contributed by atoms with Gasteiger partial charge in [-0.3, -0.25) is 4.79 Å². The van der Waals surface area contributed by atoms with Crippen molar-refractivity contribution >= 4 is 17.6 Å². The number of amides is 1. The summed E-state index contributed by atoms with van der Waals surface area (Å²) in [6.45, 7) is 6.03. The van der Waals surface area contributed by atoms with Crippen molar-refractivity contribution in [3.05, 3.63) is 29.8 Å². The average molecular weight is 346 g/mol. The van der Waals surface area contributed by atoms with Gasteiger partial charge in [0.25, 0.3) is 5.91 Å². The molecule has 5 nitrogen and oxygen atoms in total. The second-order valence-electron chi connectivity index (χ2n) is 7.37. The van der Waals surface area contributed by atoms with E-state index in [2.05, 4.69) is 19.2 Å². The molecule has 0 heterocycles. The second kappa shape index (κ2) is 8.37. The van der Waals surface area contributed by atoms with E-state index in [1.807, 2.05) is 31.1 Å². The zero-order valence-electron chi connectivity index (χ0n) is 15.9. The van der Waals surface area contributed by atoms with Gasteiger partial charge in [0.05, 0.1) is 5.56 Å². The quantitative estimate of drug-likeness (QED) is 0.832. The van der Waals surface area contributed by atoms with Crippen LogP contribution in [0.4, 0.5) is 5.69 Å². The molecule has 0 aromatic heterocycles. The highest BCUT2D eigenvalue weighted by atomic mass is 16.5. The standard InChI is InChI=1S/C20H30N2O3/c1-13-8-6-11-18(14(13)2)21-19(23)15(3)25-20(24)16-9-7-10-17(12-16)22(4)5/h7,9-10,12-15,18H,6,8,11H2,1-5H3,(H,21,23). The van der Waals surface area contributed by atoms with Crippen molar-refractivity contribution in [2.75, 3.05) is 19.0 Å². The van der Waals surface area contributed by atoms with Crippen molar-refractivity contribution in [2.24, 2.45) is 11.8 Å². The van der Waals surface area contributed by atoms with Crippen molar-refractivity contribution in [3.63, 3.8) is 0 Å². The number of anilines is 1. The van der Waals surface area contributed by atoms with Gasteiger partial charge in [-0.15, -0.1) is 0 Å². The summed E-state index contributed by atoms with van der Waals surface area (Å²) in [5, 5.41) is 3.06. The van der Waals surface area contributed by atoms with Gasteiger partial charge in [-0.05, 0) is 43.4 Å². The van der Waals surface area contributed by atoms with Crippen molar-refractivity contribution in [2.45, 2.75) is 52.2 Å². The van der Waals surface area contributed by atoms with E-state index in [0.29, 0.717) is 17.4 Å². The maximum atomic E-state index is 12.4. The van der Waals surface area contributed by atoms with Crippen LogP contribution in [0.25, 0.3) is 0 Å². The van der Waals surface area contributed by atoms with E-state index < -0.39 is 12.1 Å². The van der Waals surface area contributed by atoms with Crippen LogP contribution in [0.1, 0.15) is 50.4 Å². The summed E-state index contributed by atoms with van der Waals surface area (Å²) >= 11 is 0. The summed E-state index contributed by atoms with van der Waals surface area (Å²) in [5.74, 6) is 0.350. The molecule has 1 saturated carbocycles. The molecule has 25 heavy (non-hydrogen) atoms. The molecule has 0 radical (unpaired) electrons. The highest BCUT2D eigenvalue weighted by molar-refractivity contribution is 5.93. The van der Waals surface area contributed by atoms with Gasteiger partial charge in [0.2, 0.25) is 0 Å². The highest BCUT2D eigenvalue weighted by Gasteiger charge is 2.30. The monoisotopic (exact) mass is 346 g/mol. The van der Waals surface area contributed by atoms with E-state index >= 15 is 0 Å². The van der Waals surface area contributed by atoms with Gasteiger partial charge in [-0.2, -0.15) is 0 Å². The Balaban J connectivity index is 1.94. The van der Waals surface area contributed by atoms with E-state index in [1.165, 1.54) is 6.42 Å². The third kappa shape index (κ3) is 4.97. The average Bonchev–Trinajstić information content (AvgIpc) is 2.58. The van der Waals surface area contributed by atoms with Gasteiger partial charge in [0.1, 0.15) is 0 Å². The molecular formula is C20H30N2O3. The van der Waals surface area contributed by atoms with E-state index in [9.17, 15) is 9.59 Å². The van der Waals surface area contributed by atoms with Crippen LogP contribution in [0.3, 0.4) is 0 Å². The predicted molar refractivity (Wildman–Crippen MR) is 99.8 cm³/mol. The largest absolute Gasteiger partial charge is 0.449 e. The summed E-state index contributed by atoms with van der Waals surface area (Å²) in [4.78, 5) is 26.6. The van der Waals surface area contributed by atoms with E-state index in [4.69, 9.17) is 4.74 Å². The Morgan fingerprint density at radius 1 is 1.24 bits per heavy atom. The van der Waals surface area contributed by atoms with Gasteiger partial charge in [0, 0.05) is 25.8 Å². The molecule has 4 unspecified atom stereocenters. The molecule has 2 rings (SSSR count). The van der Waals surface area contributed by atoms with Crippen molar-refractivity contribution < 1.29 is 14.3 Å². The molecule has 1 fully saturated rings. The fourth-order valence-electron chi connectivity index (χ4n) is 3.28. The number of nitrogens with one attached hydrogen (secondary N) is 1. The normalized spacial score (nSPS) is 24.3. The fraction of sp³-hybridized carbons (Fsp3) is 0.600. The van der Waals surface area contributed by atoms with Crippen LogP contribution >= 0.6 is 0 Å². The lowest BCUT2D eigenvalue weighted by Gasteiger charge is -2.35. The van der Waals surface area contributed by atoms with Crippen molar-refractivity contribution in [3.8, 4) is 0 Å². The molecule has 138 valence electrons. The minimum absolute atomic E-state index is 0.162. The first kappa shape index (κ1) is 19.3. The van der Waals surface area contributed by atoms with Gasteiger partial charge in [-0.25, -0.2) is 4.79 Å². The van der Waals surface area contributed by atoms with Crippen LogP contribution in [0, 0.1) is 11.8 Å². The summed E-state index contributed by atoms with van der Waals surface area (Å²) < 4.78 is 5.37. The predicted octanol–water partition coefficient (Wildman–Crippen LogP) is 3.24. The fourth-order valence-corrected chi connectivity index (χ4v) is 3.28. The molecule has 4 atom stereocenters. The lowest BCUT2D eigenvalue weighted by molar-refractivity contribution is -0.130. The lowest BCUT2D eigenvalue weighted by atomic mass is 9.78. The van der Waals surface area contributed by atoms with Crippen LogP contribution in [-0.2, 0) is 9.53 Å². The topological polar surface area (TPSA) is 58.6 Å². The molecule has 1 aliphatic rings. The Kier molecular flexibility index (Phi) is 6.45. The number of rotatable bonds is 5. The smallest absolute Gasteiger partial charge is 0.338 e. The van der Waals surface area contributed by atoms with Crippen LogP contribution in [0.15, 0.2) is 24.3 Å². The van der Waals surface area contributed by atoms with E-state index in [0.717, 1.165) is 18.5 Å². The Morgan fingerprint density at radius 2 is 1.96 bits per heavy atom. The summed E-state index contributed by atoms with van der Waals surface area (Å²) in [7, 11) is 3.82. The minimum Gasteiger partial charge on any atom is -0.449 e. The maximum absolute atomic E-state index is 12.4. The second-order valence-corrected chi connectivity index (χ2v) is 7.37. The third-order valence-electron chi connectivity index (χ3n) is 5.29. The first-order chi connectivity index (χ1) is 11.8. The first-order valence-corrected chi connectivity index (χ1v) is 9.08. The highest BCUT2D eigenvalue weighted by Crippen LogP contribution is 2.29. The van der Waals surface area contributed by atoms with Gasteiger partial charge in [-0.1, -0.05) is 32.8 Å². The van der Waals surface area contributed by atoms with Gasteiger partial charge >= 0.3 is 5.97 Å². The minimum atomic E-state index is -0.806. The molecule has 1 N–H and O–H groups in total. The Labute approximate surface area is 150 Å². The number of hydrogen-bond acceptors (Lipinski definition) is 4. The lowest BCUT2D eigenvalue weighted by Crippen LogP contribution is -2.47. The van der Waals surface area contributed by atoms with Gasteiger partial charge < -0.3 is 15.0 Å². The molecule has 1 aliphatic carbocycles. The van der Waals surface area contributed by atoms with Crippen LogP contribution in [-0.4, -0.2) is 38.1 Å². The molecule has 1 aromatic carbocycles. The number of esters is 1. The van der Waals surface area contributed by atoms with Crippen molar-refractivity contribution in [1.29, 1.82) is 0 Å². The Bertz CT molecular complexity index is 615. The van der Waals surface area contributed by atoms with E-state index in [-0.39, 0.29) is 11.9 Å². The molecule has 1 amide bonds. The number of benzene rings is 1. The molecule has 5 heteroatoms. The van der Waals surface area contributed by atoms with Crippen LogP contribution in [0.5, 0.6) is 0 Å². The maximum Gasteiger partial charge on any atom is 0.338 e. The molecule has 0 spiro atoms. The molecule has 0 saturated heterocycles. The number of ether oxygens (including phenoxy) is 1. The van der Waals surface area contributed by atoms with Crippen LogP contribution in [0.2, 0.25) is 0 Å². The molecular weight excluding hydrogens is 316 g/mol. The zero-order chi connectivity index (χ0) is 18.6. The number of nitrogens with zero attached hydrogens (tertiary/aromatic N) is 1.